The van der Waals surface area contributed by atoms with Gasteiger partial charge in [0.1, 0.15) is 11.5 Å². The molecular weight excluding hydrogens is 264 g/mol. The van der Waals surface area contributed by atoms with E-state index in [1.165, 1.54) is 45.3 Å². The summed E-state index contributed by atoms with van der Waals surface area (Å²) in [5.74, 6) is 1.13. The first-order valence-corrected chi connectivity index (χ1v) is 8.04. The maximum absolute atomic E-state index is 9.90. The van der Waals surface area contributed by atoms with Crippen molar-refractivity contribution in [1.29, 1.82) is 0 Å². The predicted molar refractivity (Wildman–Crippen MR) is 85.9 cm³/mol. The van der Waals surface area contributed by atoms with Crippen LogP contribution in [0.25, 0.3) is 0 Å². The van der Waals surface area contributed by atoms with Gasteiger partial charge in [-0.05, 0) is 57.1 Å². The van der Waals surface area contributed by atoms with Gasteiger partial charge in [-0.15, -0.1) is 0 Å². The number of hydrogen-bond acceptors (Lipinski definition) is 4. The van der Waals surface area contributed by atoms with Gasteiger partial charge in [0.2, 0.25) is 0 Å². The summed E-state index contributed by atoms with van der Waals surface area (Å²) in [6.07, 6.45) is 4.95. The largest absolute Gasteiger partial charge is 0.508 e. The molecule has 0 bridgehead atoms. The molecule has 2 N–H and O–H groups in total. The van der Waals surface area contributed by atoms with E-state index < -0.39 is 0 Å². The maximum atomic E-state index is 9.90. The van der Waals surface area contributed by atoms with E-state index in [4.69, 9.17) is 4.74 Å². The van der Waals surface area contributed by atoms with E-state index in [1.54, 1.807) is 19.2 Å². The van der Waals surface area contributed by atoms with Crippen molar-refractivity contribution >= 4 is 0 Å². The van der Waals surface area contributed by atoms with Gasteiger partial charge >= 0.3 is 0 Å². The molecule has 0 aromatic heterocycles. The van der Waals surface area contributed by atoms with Gasteiger partial charge in [0.05, 0.1) is 7.11 Å². The Morgan fingerprint density at radius 3 is 2.76 bits per heavy atom. The lowest BCUT2D eigenvalue weighted by Gasteiger charge is -2.32. The minimum atomic E-state index is 0.337. The summed E-state index contributed by atoms with van der Waals surface area (Å²) in [7, 11) is 1.65. The molecule has 4 nitrogen and oxygen atoms in total. The molecule has 1 fully saturated rings. The van der Waals surface area contributed by atoms with E-state index in [2.05, 4.69) is 17.1 Å². The van der Waals surface area contributed by atoms with E-state index in [0.29, 0.717) is 18.3 Å². The average molecular weight is 292 g/mol. The average Bonchev–Trinajstić information content (AvgIpc) is 2.53. The quantitative estimate of drug-likeness (QED) is 0.811. The highest BCUT2D eigenvalue weighted by Gasteiger charge is 2.18. The van der Waals surface area contributed by atoms with Gasteiger partial charge in [-0.3, -0.25) is 0 Å². The minimum absolute atomic E-state index is 0.337. The van der Waals surface area contributed by atoms with Crippen molar-refractivity contribution in [2.45, 2.75) is 45.2 Å². The summed E-state index contributed by atoms with van der Waals surface area (Å²) >= 11 is 0. The second-order valence-corrected chi connectivity index (χ2v) is 5.85. The Morgan fingerprint density at radius 1 is 1.33 bits per heavy atom. The number of benzene rings is 1. The molecule has 0 radical (unpaired) electrons. The van der Waals surface area contributed by atoms with Crippen LogP contribution in [-0.4, -0.2) is 42.8 Å². The van der Waals surface area contributed by atoms with Crippen LogP contribution in [0.15, 0.2) is 18.2 Å². The van der Waals surface area contributed by atoms with Crippen LogP contribution in [0, 0.1) is 0 Å². The van der Waals surface area contributed by atoms with Crippen LogP contribution < -0.4 is 10.1 Å². The second-order valence-electron chi connectivity index (χ2n) is 5.85. The zero-order chi connectivity index (χ0) is 15.1. The predicted octanol–water partition coefficient (Wildman–Crippen LogP) is 2.75. The SMILES string of the molecule is CCCCN1CCC(NCc2cc(OC)ccc2O)CC1. The third-order valence-electron chi connectivity index (χ3n) is 4.28. The van der Waals surface area contributed by atoms with Crippen LogP contribution in [0.5, 0.6) is 11.5 Å². The minimum Gasteiger partial charge on any atom is -0.508 e. The Bertz CT molecular complexity index is 429. The number of phenols is 1. The third-order valence-corrected chi connectivity index (χ3v) is 4.28. The number of aromatic hydroxyl groups is 1. The summed E-state index contributed by atoms with van der Waals surface area (Å²) in [4.78, 5) is 2.56. The number of likely N-dealkylation sites (tertiary alicyclic amines) is 1. The highest BCUT2D eigenvalue weighted by atomic mass is 16.5. The molecule has 0 amide bonds. The number of piperidine rings is 1. The molecule has 1 aliphatic rings. The highest BCUT2D eigenvalue weighted by molar-refractivity contribution is 5.39. The van der Waals surface area contributed by atoms with Gasteiger partial charge in [-0.25, -0.2) is 0 Å². The Kier molecular flexibility index (Phi) is 6.33. The lowest BCUT2D eigenvalue weighted by molar-refractivity contribution is 0.194. The van der Waals surface area contributed by atoms with Crippen LogP contribution >= 0.6 is 0 Å². The fourth-order valence-corrected chi connectivity index (χ4v) is 2.83. The molecular formula is C17H28N2O2. The van der Waals surface area contributed by atoms with Crippen molar-refractivity contribution in [1.82, 2.24) is 10.2 Å². The number of nitrogens with zero attached hydrogens (tertiary/aromatic N) is 1. The molecule has 1 aromatic rings. The van der Waals surface area contributed by atoms with Crippen LogP contribution in [0.2, 0.25) is 0 Å². The number of ether oxygens (including phenoxy) is 1. The van der Waals surface area contributed by atoms with Gasteiger partial charge in [-0.1, -0.05) is 13.3 Å². The second kappa shape index (κ2) is 8.25. The van der Waals surface area contributed by atoms with E-state index in [9.17, 15) is 5.11 Å². The Labute approximate surface area is 128 Å². The van der Waals surface area contributed by atoms with Crippen molar-refractivity contribution in [3.63, 3.8) is 0 Å². The zero-order valence-electron chi connectivity index (χ0n) is 13.3. The molecule has 21 heavy (non-hydrogen) atoms. The van der Waals surface area contributed by atoms with Crippen LogP contribution in [0.1, 0.15) is 38.2 Å². The van der Waals surface area contributed by atoms with Crippen molar-refractivity contribution in [2.75, 3.05) is 26.7 Å². The van der Waals surface area contributed by atoms with E-state index in [1.807, 2.05) is 6.07 Å². The molecule has 4 heteroatoms. The first-order valence-electron chi connectivity index (χ1n) is 8.04. The number of phenolic OH excluding ortho intramolecular Hbond substituents is 1. The number of methoxy groups -OCH3 is 1. The number of nitrogens with one attached hydrogen (secondary N) is 1. The molecule has 1 saturated heterocycles. The van der Waals surface area contributed by atoms with E-state index >= 15 is 0 Å². The Balaban J connectivity index is 1.77. The molecule has 1 aromatic carbocycles. The molecule has 1 aliphatic heterocycles. The van der Waals surface area contributed by atoms with Crippen molar-refractivity contribution in [3.8, 4) is 11.5 Å². The van der Waals surface area contributed by atoms with E-state index in [0.717, 1.165) is 11.3 Å². The van der Waals surface area contributed by atoms with Crippen molar-refractivity contribution in [2.24, 2.45) is 0 Å². The van der Waals surface area contributed by atoms with Crippen LogP contribution in [0.3, 0.4) is 0 Å². The van der Waals surface area contributed by atoms with Gasteiger partial charge in [0.25, 0.3) is 0 Å². The van der Waals surface area contributed by atoms with Crippen molar-refractivity contribution < 1.29 is 9.84 Å². The number of rotatable bonds is 7. The first kappa shape index (κ1) is 16.1. The summed E-state index contributed by atoms with van der Waals surface area (Å²) in [6, 6.07) is 5.93. The molecule has 1 heterocycles. The maximum Gasteiger partial charge on any atom is 0.120 e. The zero-order valence-corrected chi connectivity index (χ0v) is 13.3. The van der Waals surface area contributed by atoms with Gasteiger partial charge in [0, 0.05) is 18.2 Å². The smallest absolute Gasteiger partial charge is 0.120 e. The van der Waals surface area contributed by atoms with Gasteiger partial charge in [-0.2, -0.15) is 0 Å². The standard InChI is InChI=1S/C17H28N2O2/c1-3-4-9-19-10-7-15(8-11-19)18-13-14-12-16(21-2)5-6-17(14)20/h5-6,12,15,18,20H,3-4,7-11,13H2,1-2H3. The van der Waals surface area contributed by atoms with Crippen LogP contribution in [0.4, 0.5) is 0 Å². The van der Waals surface area contributed by atoms with Crippen LogP contribution in [-0.2, 0) is 6.54 Å². The molecule has 118 valence electrons. The Hall–Kier alpha value is -1.26. The summed E-state index contributed by atoms with van der Waals surface area (Å²) in [5, 5.41) is 13.5. The summed E-state index contributed by atoms with van der Waals surface area (Å²) < 4.78 is 5.21. The Morgan fingerprint density at radius 2 is 2.10 bits per heavy atom. The van der Waals surface area contributed by atoms with Gasteiger partial charge in [0.15, 0.2) is 0 Å². The first-order chi connectivity index (χ1) is 10.2. The molecule has 0 unspecified atom stereocenters. The highest BCUT2D eigenvalue weighted by Crippen LogP contribution is 2.23. The monoisotopic (exact) mass is 292 g/mol. The number of unbranched alkanes of at least 4 members (excludes halogenated alkanes) is 1. The number of hydrogen-bond donors (Lipinski definition) is 2. The van der Waals surface area contributed by atoms with Crippen molar-refractivity contribution in [3.05, 3.63) is 23.8 Å². The molecule has 0 aliphatic carbocycles. The molecule has 0 saturated carbocycles. The lowest BCUT2D eigenvalue weighted by Crippen LogP contribution is -2.42. The molecule has 0 spiro atoms. The molecule has 2 rings (SSSR count). The van der Waals surface area contributed by atoms with Gasteiger partial charge < -0.3 is 20.1 Å². The summed E-state index contributed by atoms with van der Waals surface area (Å²) in [5.41, 5.74) is 0.905. The fraction of sp³-hybridized carbons (Fsp3) is 0.647. The summed E-state index contributed by atoms with van der Waals surface area (Å²) in [6.45, 7) is 6.54. The molecule has 0 atom stereocenters. The normalized spacial score (nSPS) is 17.0. The fourth-order valence-electron chi connectivity index (χ4n) is 2.83. The topological polar surface area (TPSA) is 44.7 Å². The third kappa shape index (κ3) is 4.90. The lowest BCUT2D eigenvalue weighted by atomic mass is 10.0. The van der Waals surface area contributed by atoms with E-state index in [-0.39, 0.29) is 0 Å².